The van der Waals surface area contributed by atoms with Crippen LogP contribution in [0.4, 0.5) is 5.95 Å². The molecule has 140 valence electrons. The average molecular weight is 372 g/mol. The monoisotopic (exact) mass is 372 g/mol. The predicted octanol–water partition coefficient (Wildman–Crippen LogP) is 3.32. The second kappa shape index (κ2) is 7.05. The summed E-state index contributed by atoms with van der Waals surface area (Å²) in [6, 6.07) is 19.9. The molecule has 2 atom stereocenters. The first-order chi connectivity index (χ1) is 13.8. The van der Waals surface area contributed by atoms with E-state index in [1.807, 2.05) is 65.7 Å². The normalized spacial score (nSPS) is 19.4. The second-order valence-electron chi connectivity index (χ2n) is 7.19. The van der Waals surface area contributed by atoms with Crippen molar-refractivity contribution < 1.29 is 9.63 Å². The molecule has 0 amide bonds. The number of aliphatic hydroxyl groups excluding tert-OH is 1. The molecule has 1 aliphatic rings. The Morgan fingerprint density at radius 1 is 1.00 bits per heavy atom. The molecule has 2 aromatic carbocycles. The van der Waals surface area contributed by atoms with Gasteiger partial charge in [0, 0.05) is 36.2 Å². The van der Waals surface area contributed by atoms with Gasteiger partial charge in [0.05, 0.1) is 11.6 Å². The van der Waals surface area contributed by atoms with Crippen LogP contribution in [0.25, 0.3) is 22.4 Å². The number of aromatic nitrogens is 3. The van der Waals surface area contributed by atoms with E-state index in [1.165, 1.54) is 5.56 Å². The van der Waals surface area contributed by atoms with Crippen molar-refractivity contribution >= 4 is 16.9 Å². The zero-order valence-electron chi connectivity index (χ0n) is 15.3. The standard InChI is InChI=1S/C22H20N4O2/c27-20-14-26(22-24-21(28-25-22)15-6-2-1-3-7-15)13-17(20)12-16-10-11-23-19-9-5-4-8-18(16)19/h1-11,17,20,27H,12-14H2/t17-,20-/m1/s1. The van der Waals surface area contributed by atoms with Crippen LogP contribution in [0, 0.1) is 5.92 Å². The zero-order valence-corrected chi connectivity index (χ0v) is 15.3. The van der Waals surface area contributed by atoms with Gasteiger partial charge >= 0.3 is 0 Å². The Morgan fingerprint density at radius 3 is 2.71 bits per heavy atom. The van der Waals surface area contributed by atoms with E-state index in [-0.39, 0.29) is 5.92 Å². The topological polar surface area (TPSA) is 75.3 Å². The van der Waals surface area contributed by atoms with Crippen molar-refractivity contribution in [3.8, 4) is 11.5 Å². The second-order valence-corrected chi connectivity index (χ2v) is 7.19. The molecule has 0 saturated carbocycles. The summed E-state index contributed by atoms with van der Waals surface area (Å²) < 4.78 is 5.42. The summed E-state index contributed by atoms with van der Waals surface area (Å²) in [6.07, 6.45) is 2.18. The van der Waals surface area contributed by atoms with Crippen LogP contribution >= 0.6 is 0 Å². The number of benzene rings is 2. The van der Waals surface area contributed by atoms with E-state index in [4.69, 9.17) is 4.52 Å². The van der Waals surface area contributed by atoms with Crippen molar-refractivity contribution in [1.82, 2.24) is 15.1 Å². The Hall–Kier alpha value is -3.25. The van der Waals surface area contributed by atoms with Crippen molar-refractivity contribution in [2.75, 3.05) is 18.0 Å². The number of fused-ring (bicyclic) bond motifs is 1. The van der Waals surface area contributed by atoms with Gasteiger partial charge in [0.25, 0.3) is 11.8 Å². The molecule has 0 spiro atoms. The average Bonchev–Trinajstić information content (AvgIpc) is 3.36. The highest BCUT2D eigenvalue weighted by Gasteiger charge is 2.34. The fourth-order valence-electron chi connectivity index (χ4n) is 3.88. The fourth-order valence-corrected chi connectivity index (χ4v) is 3.88. The van der Waals surface area contributed by atoms with Crippen molar-refractivity contribution in [2.45, 2.75) is 12.5 Å². The van der Waals surface area contributed by atoms with E-state index in [0.29, 0.717) is 24.9 Å². The van der Waals surface area contributed by atoms with Crippen LogP contribution in [-0.2, 0) is 6.42 Å². The molecule has 1 fully saturated rings. The summed E-state index contributed by atoms with van der Waals surface area (Å²) in [5.41, 5.74) is 3.07. The first-order valence-electron chi connectivity index (χ1n) is 9.43. The molecule has 1 aliphatic heterocycles. The van der Waals surface area contributed by atoms with Crippen LogP contribution in [0.3, 0.4) is 0 Å². The molecule has 1 saturated heterocycles. The van der Waals surface area contributed by atoms with Crippen LogP contribution in [0.1, 0.15) is 5.56 Å². The van der Waals surface area contributed by atoms with Gasteiger partial charge in [0.15, 0.2) is 0 Å². The van der Waals surface area contributed by atoms with Crippen LogP contribution in [0.5, 0.6) is 0 Å². The Balaban J connectivity index is 1.35. The third-order valence-electron chi connectivity index (χ3n) is 5.35. The maximum Gasteiger partial charge on any atom is 0.266 e. The number of pyridine rings is 1. The fraction of sp³-hybridized carbons (Fsp3) is 0.227. The van der Waals surface area contributed by atoms with E-state index in [1.54, 1.807) is 0 Å². The lowest BCUT2D eigenvalue weighted by atomic mass is 9.94. The number of aliphatic hydroxyl groups is 1. The molecule has 0 aliphatic carbocycles. The highest BCUT2D eigenvalue weighted by Crippen LogP contribution is 2.28. The van der Waals surface area contributed by atoms with Gasteiger partial charge in [0.2, 0.25) is 0 Å². The molecule has 5 rings (SSSR count). The van der Waals surface area contributed by atoms with Gasteiger partial charge in [-0.2, -0.15) is 4.98 Å². The maximum atomic E-state index is 10.6. The first-order valence-corrected chi connectivity index (χ1v) is 9.43. The number of para-hydroxylation sites is 1. The summed E-state index contributed by atoms with van der Waals surface area (Å²) in [6.45, 7) is 1.19. The van der Waals surface area contributed by atoms with Crippen molar-refractivity contribution in [2.24, 2.45) is 5.92 Å². The SMILES string of the molecule is O[C@@H]1CN(c2noc(-c3ccccc3)n2)C[C@H]1Cc1ccnc2ccccc12. The lowest BCUT2D eigenvalue weighted by Gasteiger charge is -2.15. The number of anilines is 1. The predicted molar refractivity (Wildman–Crippen MR) is 107 cm³/mol. The summed E-state index contributed by atoms with van der Waals surface area (Å²) in [4.78, 5) is 10.9. The number of β-amino-alcohol motifs (C(OH)–C–C–N with tert-alkyl or cyclic N) is 1. The third-order valence-corrected chi connectivity index (χ3v) is 5.35. The number of rotatable bonds is 4. The molecule has 6 nitrogen and oxygen atoms in total. The number of hydrogen-bond donors (Lipinski definition) is 1. The van der Waals surface area contributed by atoms with Crippen LogP contribution in [0.15, 0.2) is 71.4 Å². The van der Waals surface area contributed by atoms with Crippen LogP contribution in [0.2, 0.25) is 0 Å². The van der Waals surface area contributed by atoms with E-state index in [9.17, 15) is 5.11 Å². The Kier molecular flexibility index (Phi) is 4.25. The summed E-state index contributed by atoms with van der Waals surface area (Å²) in [7, 11) is 0. The van der Waals surface area contributed by atoms with E-state index >= 15 is 0 Å². The van der Waals surface area contributed by atoms with Crippen molar-refractivity contribution in [1.29, 1.82) is 0 Å². The molecule has 6 heteroatoms. The minimum absolute atomic E-state index is 0.101. The minimum Gasteiger partial charge on any atom is -0.391 e. The first kappa shape index (κ1) is 16.9. The molecule has 3 heterocycles. The van der Waals surface area contributed by atoms with Crippen LogP contribution in [-0.4, -0.2) is 39.4 Å². The van der Waals surface area contributed by atoms with Gasteiger partial charge in [-0.05, 0) is 41.4 Å². The molecule has 1 N–H and O–H groups in total. The van der Waals surface area contributed by atoms with E-state index < -0.39 is 6.10 Å². The molecular formula is C22H20N4O2. The molecule has 28 heavy (non-hydrogen) atoms. The van der Waals surface area contributed by atoms with E-state index in [2.05, 4.69) is 21.2 Å². The Labute approximate surface area is 162 Å². The van der Waals surface area contributed by atoms with Gasteiger partial charge in [-0.3, -0.25) is 4.98 Å². The summed E-state index contributed by atoms with van der Waals surface area (Å²) in [5.74, 6) is 1.12. The van der Waals surface area contributed by atoms with Gasteiger partial charge in [0.1, 0.15) is 0 Å². The molecule has 0 bridgehead atoms. The third kappa shape index (κ3) is 3.12. The molecular weight excluding hydrogens is 352 g/mol. The molecule has 0 radical (unpaired) electrons. The van der Waals surface area contributed by atoms with Gasteiger partial charge in [-0.1, -0.05) is 36.4 Å². The smallest absolute Gasteiger partial charge is 0.266 e. The van der Waals surface area contributed by atoms with Crippen molar-refractivity contribution in [3.05, 3.63) is 72.4 Å². The molecule has 2 aromatic heterocycles. The number of hydrogen-bond acceptors (Lipinski definition) is 6. The van der Waals surface area contributed by atoms with Crippen molar-refractivity contribution in [3.63, 3.8) is 0 Å². The summed E-state index contributed by atoms with van der Waals surface area (Å²) >= 11 is 0. The maximum absolute atomic E-state index is 10.6. The quantitative estimate of drug-likeness (QED) is 0.592. The summed E-state index contributed by atoms with van der Waals surface area (Å²) in [5, 5.41) is 15.9. The lowest BCUT2D eigenvalue weighted by Crippen LogP contribution is -2.22. The van der Waals surface area contributed by atoms with E-state index in [0.717, 1.165) is 22.9 Å². The van der Waals surface area contributed by atoms with Gasteiger partial charge < -0.3 is 14.5 Å². The van der Waals surface area contributed by atoms with Gasteiger partial charge in [-0.15, -0.1) is 0 Å². The minimum atomic E-state index is -0.439. The molecule has 4 aromatic rings. The Morgan fingerprint density at radius 2 is 1.82 bits per heavy atom. The number of nitrogens with zero attached hydrogens (tertiary/aromatic N) is 4. The Bertz CT molecular complexity index is 1090. The zero-order chi connectivity index (χ0) is 18.9. The van der Waals surface area contributed by atoms with Gasteiger partial charge in [-0.25, -0.2) is 0 Å². The molecule has 0 unspecified atom stereocenters. The van der Waals surface area contributed by atoms with Crippen LogP contribution < -0.4 is 4.90 Å². The largest absolute Gasteiger partial charge is 0.391 e. The lowest BCUT2D eigenvalue weighted by molar-refractivity contribution is 0.148. The highest BCUT2D eigenvalue weighted by molar-refractivity contribution is 5.81. The highest BCUT2D eigenvalue weighted by atomic mass is 16.5.